The zero-order valence-corrected chi connectivity index (χ0v) is 20.5. The van der Waals surface area contributed by atoms with Gasteiger partial charge in [0.2, 0.25) is 5.75 Å². The second-order valence-electron chi connectivity index (χ2n) is 8.39. The van der Waals surface area contributed by atoms with Crippen molar-refractivity contribution >= 4 is 17.8 Å². The summed E-state index contributed by atoms with van der Waals surface area (Å²) >= 11 is 0. The van der Waals surface area contributed by atoms with Gasteiger partial charge in [0.05, 0.1) is 13.0 Å². The van der Waals surface area contributed by atoms with Crippen LogP contribution < -0.4 is 14.8 Å². The number of ether oxygens (including phenoxy) is 3. The lowest BCUT2D eigenvalue weighted by Crippen LogP contribution is -2.41. The van der Waals surface area contributed by atoms with Crippen LogP contribution in [0.4, 0.5) is 4.39 Å². The number of rotatable bonds is 9. The Labute approximate surface area is 198 Å². The van der Waals surface area contributed by atoms with E-state index in [2.05, 4.69) is 10.3 Å². The summed E-state index contributed by atoms with van der Waals surface area (Å²) in [6, 6.07) is 4.89. The number of nitrogens with zero attached hydrogens (tertiary/aromatic N) is 1. The van der Waals surface area contributed by atoms with Crippen molar-refractivity contribution < 1.29 is 33.0 Å². The third kappa shape index (κ3) is 6.52. The lowest BCUT2D eigenvalue weighted by atomic mass is 9.92. The van der Waals surface area contributed by atoms with Gasteiger partial charge in [-0.25, -0.2) is 14.2 Å². The second-order valence-corrected chi connectivity index (χ2v) is 8.39. The molecule has 3 atom stereocenters. The molecule has 0 aliphatic rings. The molecular formula is C25H31FN2O6. The van der Waals surface area contributed by atoms with Gasteiger partial charge in [-0.05, 0) is 44.0 Å². The van der Waals surface area contributed by atoms with Crippen molar-refractivity contribution in [2.24, 2.45) is 5.92 Å². The molecule has 0 saturated heterocycles. The van der Waals surface area contributed by atoms with Crippen molar-refractivity contribution in [2.75, 3.05) is 7.11 Å². The predicted octanol–water partition coefficient (Wildman–Crippen LogP) is 3.95. The van der Waals surface area contributed by atoms with Gasteiger partial charge in [-0.2, -0.15) is 0 Å². The van der Waals surface area contributed by atoms with Crippen LogP contribution in [0.5, 0.6) is 11.5 Å². The molecule has 1 aromatic carbocycles. The topological polar surface area (TPSA) is 104 Å². The number of hydrogen-bond donors (Lipinski definition) is 1. The van der Waals surface area contributed by atoms with Gasteiger partial charge in [0.1, 0.15) is 18.0 Å². The molecule has 0 saturated carbocycles. The fourth-order valence-electron chi connectivity index (χ4n) is 3.18. The first-order valence-corrected chi connectivity index (χ1v) is 11.0. The molecule has 0 aliphatic heterocycles. The summed E-state index contributed by atoms with van der Waals surface area (Å²) in [5.41, 5.74) is 1.41. The second kappa shape index (κ2) is 11.6. The van der Waals surface area contributed by atoms with Crippen molar-refractivity contribution in [2.45, 2.75) is 59.6 Å². The molecule has 0 spiro atoms. The van der Waals surface area contributed by atoms with Crippen molar-refractivity contribution in [1.29, 1.82) is 0 Å². The molecule has 8 nitrogen and oxygen atoms in total. The first-order chi connectivity index (χ1) is 16.0. The normalized spacial score (nSPS) is 13.6. The largest absolute Gasteiger partial charge is 0.493 e. The molecule has 9 heteroatoms. The lowest BCUT2D eigenvalue weighted by molar-refractivity contribution is -0.151. The fraction of sp³-hybridized carbons (Fsp3) is 0.440. The van der Waals surface area contributed by atoms with Crippen molar-refractivity contribution in [3.05, 3.63) is 53.1 Å². The SMILES string of the molecule is COc1ccnc(C(=O)NC(C)C(=O)OC(C)C(C)c2ccc(F)cc2C)c1OC(=O)C(C)C. The molecule has 0 bridgehead atoms. The minimum Gasteiger partial charge on any atom is -0.493 e. The highest BCUT2D eigenvalue weighted by Crippen LogP contribution is 2.30. The molecule has 1 N–H and O–H groups in total. The van der Waals surface area contributed by atoms with Gasteiger partial charge in [0, 0.05) is 18.2 Å². The zero-order valence-electron chi connectivity index (χ0n) is 20.5. The highest BCUT2D eigenvalue weighted by Gasteiger charge is 2.28. The molecule has 1 heterocycles. The minimum atomic E-state index is -1.02. The van der Waals surface area contributed by atoms with Crippen LogP contribution >= 0.6 is 0 Å². The summed E-state index contributed by atoms with van der Waals surface area (Å²) in [6.45, 7) is 10.2. The summed E-state index contributed by atoms with van der Waals surface area (Å²) in [5.74, 6) is -2.90. The summed E-state index contributed by atoms with van der Waals surface area (Å²) in [6.07, 6.45) is 0.798. The van der Waals surface area contributed by atoms with Gasteiger partial charge < -0.3 is 19.5 Å². The number of methoxy groups -OCH3 is 1. The number of halogens is 1. The smallest absolute Gasteiger partial charge is 0.328 e. The van der Waals surface area contributed by atoms with Crippen LogP contribution in [0.25, 0.3) is 0 Å². The predicted molar refractivity (Wildman–Crippen MR) is 123 cm³/mol. The molecule has 1 amide bonds. The number of hydrogen-bond acceptors (Lipinski definition) is 7. The van der Waals surface area contributed by atoms with Crippen molar-refractivity contribution in [3.63, 3.8) is 0 Å². The molecule has 2 rings (SSSR count). The molecular weight excluding hydrogens is 443 g/mol. The van der Waals surface area contributed by atoms with Gasteiger partial charge in [-0.15, -0.1) is 0 Å². The third-order valence-corrected chi connectivity index (χ3v) is 5.41. The Morgan fingerprint density at radius 3 is 2.29 bits per heavy atom. The third-order valence-electron chi connectivity index (χ3n) is 5.41. The number of benzene rings is 1. The number of pyridine rings is 1. The number of aryl methyl sites for hydroxylation is 1. The van der Waals surface area contributed by atoms with Crippen LogP contribution in [-0.4, -0.2) is 42.1 Å². The summed E-state index contributed by atoms with van der Waals surface area (Å²) < 4.78 is 29.5. The molecule has 0 fully saturated rings. The van der Waals surface area contributed by atoms with E-state index in [1.54, 1.807) is 33.8 Å². The van der Waals surface area contributed by atoms with Crippen LogP contribution in [0.3, 0.4) is 0 Å². The first kappa shape index (κ1) is 26.8. The number of amides is 1. The van der Waals surface area contributed by atoms with E-state index in [0.717, 1.165) is 11.1 Å². The quantitative estimate of drug-likeness (QED) is 0.549. The fourth-order valence-corrected chi connectivity index (χ4v) is 3.18. The Balaban J connectivity index is 2.11. The van der Waals surface area contributed by atoms with E-state index in [1.807, 2.05) is 6.92 Å². The van der Waals surface area contributed by atoms with E-state index in [4.69, 9.17) is 14.2 Å². The van der Waals surface area contributed by atoms with Gasteiger partial charge in [0.15, 0.2) is 11.4 Å². The molecule has 3 unspecified atom stereocenters. The maximum Gasteiger partial charge on any atom is 0.328 e. The lowest BCUT2D eigenvalue weighted by Gasteiger charge is -2.24. The maximum atomic E-state index is 13.4. The number of esters is 2. The van der Waals surface area contributed by atoms with Crippen LogP contribution in [-0.2, 0) is 14.3 Å². The number of carbonyl (C=O) groups is 3. The zero-order chi connectivity index (χ0) is 25.6. The molecule has 34 heavy (non-hydrogen) atoms. The first-order valence-electron chi connectivity index (χ1n) is 11.0. The van der Waals surface area contributed by atoms with Gasteiger partial charge in [-0.3, -0.25) is 9.59 Å². The molecule has 0 aliphatic carbocycles. The summed E-state index contributed by atoms with van der Waals surface area (Å²) in [4.78, 5) is 41.6. The van der Waals surface area contributed by atoms with E-state index in [9.17, 15) is 18.8 Å². The highest BCUT2D eigenvalue weighted by atomic mass is 19.1. The molecule has 184 valence electrons. The number of nitrogens with one attached hydrogen (secondary N) is 1. The highest BCUT2D eigenvalue weighted by molar-refractivity contribution is 5.98. The van der Waals surface area contributed by atoms with Gasteiger partial charge in [-0.1, -0.05) is 26.8 Å². The standard InChI is InChI=1S/C25H31FN2O6/c1-13(2)24(30)34-22-20(32-7)10-11-27-21(22)23(29)28-16(5)25(31)33-17(6)15(4)19-9-8-18(26)12-14(19)3/h8-13,15-17H,1-7H3,(H,28,29). The van der Waals surface area contributed by atoms with Crippen LogP contribution in [0.15, 0.2) is 30.5 Å². The maximum absolute atomic E-state index is 13.4. The molecule has 0 radical (unpaired) electrons. The Kier molecular flexibility index (Phi) is 9.11. The van der Waals surface area contributed by atoms with Gasteiger partial charge >= 0.3 is 11.9 Å². The Morgan fingerprint density at radius 1 is 1.03 bits per heavy atom. The Hall–Kier alpha value is -3.49. The van der Waals surface area contributed by atoms with E-state index in [0.29, 0.717) is 0 Å². The molecule has 1 aromatic heterocycles. The average molecular weight is 475 g/mol. The Morgan fingerprint density at radius 2 is 1.71 bits per heavy atom. The summed E-state index contributed by atoms with van der Waals surface area (Å²) in [5, 5.41) is 2.52. The van der Waals surface area contributed by atoms with E-state index in [-0.39, 0.29) is 28.9 Å². The monoisotopic (exact) mass is 474 g/mol. The molecule has 2 aromatic rings. The van der Waals surface area contributed by atoms with E-state index >= 15 is 0 Å². The summed E-state index contributed by atoms with van der Waals surface area (Å²) in [7, 11) is 1.37. The number of aromatic nitrogens is 1. The van der Waals surface area contributed by atoms with Crippen LogP contribution in [0.1, 0.15) is 62.2 Å². The van der Waals surface area contributed by atoms with Crippen LogP contribution in [0, 0.1) is 18.7 Å². The van der Waals surface area contributed by atoms with Crippen molar-refractivity contribution in [3.8, 4) is 11.5 Å². The Bertz CT molecular complexity index is 1060. The van der Waals surface area contributed by atoms with Crippen molar-refractivity contribution in [1.82, 2.24) is 10.3 Å². The average Bonchev–Trinajstić information content (AvgIpc) is 2.78. The van der Waals surface area contributed by atoms with Crippen LogP contribution in [0.2, 0.25) is 0 Å². The number of carbonyl (C=O) groups excluding carboxylic acids is 3. The van der Waals surface area contributed by atoms with E-state index in [1.165, 1.54) is 38.4 Å². The minimum absolute atomic E-state index is 0.129. The van der Waals surface area contributed by atoms with Gasteiger partial charge in [0.25, 0.3) is 5.91 Å². The van der Waals surface area contributed by atoms with E-state index < -0.39 is 35.9 Å².